The molecule has 41 heavy (non-hydrogen) atoms. The van der Waals surface area contributed by atoms with Gasteiger partial charge in [0.1, 0.15) is 0 Å². The van der Waals surface area contributed by atoms with Crippen molar-refractivity contribution in [1.29, 1.82) is 0 Å². The van der Waals surface area contributed by atoms with Gasteiger partial charge in [0.05, 0.1) is 14.2 Å². The number of carbonyl (C=O) groups is 1. The monoisotopic (exact) mass is 559 g/mol. The molecule has 1 aromatic rings. The van der Waals surface area contributed by atoms with Gasteiger partial charge in [0.25, 0.3) is 5.78 Å². The molecule has 0 atom stereocenters. The lowest BCUT2D eigenvalue weighted by molar-refractivity contribution is -0.117. The lowest BCUT2D eigenvalue weighted by atomic mass is 9.98. The smallest absolute Gasteiger partial charge is 0.261 e. The van der Waals surface area contributed by atoms with E-state index in [2.05, 4.69) is 54.4 Å². The zero-order chi connectivity index (χ0) is 29.1. The highest BCUT2D eigenvalue weighted by Gasteiger charge is 2.21. The van der Waals surface area contributed by atoms with Crippen LogP contribution in [-0.4, -0.2) is 26.5 Å². The fourth-order valence-corrected chi connectivity index (χ4v) is 5.66. The highest BCUT2D eigenvalue weighted by Crippen LogP contribution is 2.33. The minimum atomic E-state index is -0.229. The van der Waals surface area contributed by atoms with Gasteiger partial charge in [0, 0.05) is 24.0 Å². The second-order valence-electron chi connectivity index (χ2n) is 11.4. The number of nitrogens with zero attached hydrogens (tertiary/aromatic N) is 1. The zero-order valence-electron chi connectivity index (χ0n) is 26.0. The number of rotatable bonds is 20. The van der Waals surface area contributed by atoms with E-state index in [4.69, 9.17) is 9.47 Å². The topological polar surface area (TPSA) is 38.8 Å². The van der Waals surface area contributed by atoms with Crippen molar-refractivity contribution >= 4 is 17.0 Å². The lowest BCUT2D eigenvalue weighted by Gasteiger charge is -2.27. The fraction of sp³-hybridized carbons (Fsp3) is 0.541. The molecule has 0 amide bonds. The predicted molar refractivity (Wildman–Crippen MR) is 174 cm³/mol. The summed E-state index contributed by atoms with van der Waals surface area (Å²) >= 11 is 0. The molecule has 0 saturated heterocycles. The van der Waals surface area contributed by atoms with E-state index < -0.39 is 0 Å². The van der Waals surface area contributed by atoms with E-state index in [1.807, 2.05) is 6.08 Å². The van der Waals surface area contributed by atoms with E-state index in [1.165, 1.54) is 128 Å². The number of allylic oxidation sites excluding steroid dienone is 7. The van der Waals surface area contributed by atoms with Crippen molar-refractivity contribution in [1.82, 2.24) is 0 Å². The van der Waals surface area contributed by atoms with E-state index in [0.29, 0.717) is 11.5 Å². The maximum absolute atomic E-state index is 12.2. The molecule has 3 rings (SSSR count). The number of para-hydroxylation sites is 1. The number of methoxy groups -OCH3 is 2. The molecule has 0 unspecified atom stereocenters. The summed E-state index contributed by atoms with van der Waals surface area (Å²) in [6.07, 6.45) is 34.3. The highest BCUT2D eigenvalue weighted by molar-refractivity contribution is 6.07. The molecule has 0 N–H and O–H groups in total. The van der Waals surface area contributed by atoms with E-state index in [9.17, 15) is 4.79 Å². The van der Waals surface area contributed by atoms with Crippen LogP contribution in [0.3, 0.4) is 0 Å². The quantitative estimate of drug-likeness (QED) is 0.149. The molecule has 0 saturated carbocycles. The third-order valence-corrected chi connectivity index (χ3v) is 8.15. The normalized spacial score (nSPS) is 15.6. The molecule has 0 fully saturated rings. The first-order chi connectivity index (χ1) is 20.2. The molecular weight excluding hydrogens is 506 g/mol. The van der Waals surface area contributed by atoms with Gasteiger partial charge < -0.3 is 14.4 Å². The Labute approximate surface area is 249 Å². The summed E-state index contributed by atoms with van der Waals surface area (Å²) in [5.74, 6) is 0.351. The number of hydrogen-bond acceptors (Lipinski definition) is 4. The van der Waals surface area contributed by atoms with Crippen LogP contribution in [0.5, 0.6) is 0 Å². The molecule has 0 aromatic heterocycles. The molecule has 4 heteroatoms. The lowest BCUT2D eigenvalue weighted by Crippen LogP contribution is -2.21. The molecule has 0 radical (unpaired) electrons. The molecule has 1 heterocycles. The third kappa shape index (κ3) is 11.1. The molecule has 1 aliphatic heterocycles. The van der Waals surface area contributed by atoms with Gasteiger partial charge in [-0.3, -0.25) is 4.79 Å². The number of fused-ring (bicyclic) bond motifs is 1. The summed E-state index contributed by atoms with van der Waals surface area (Å²) in [6, 6.07) is 8.60. The Morgan fingerprint density at radius 1 is 0.683 bits per heavy atom. The fourth-order valence-electron chi connectivity index (χ4n) is 5.66. The number of unbranched alkanes of at least 4 members (excludes halogenated alkanes) is 15. The van der Waals surface area contributed by atoms with Gasteiger partial charge in [-0.15, -0.1) is 0 Å². The van der Waals surface area contributed by atoms with Gasteiger partial charge in [-0.25, -0.2) is 0 Å². The molecule has 4 nitrogen and oxygen atoms in total. The van der Waals surface area contributed by atoms with Crippen molar-refractivity contribution in [2.24, 2.45) is 0 Å². The number of ether oxygens (including phenoxy) is 2. The van der Waals surface area contributed by atoms with Crippen LogP contribution in [0.1, 0.15) is 115 Å². The summed E-state index contributed by atoms with van der Waals surface area (Å²) in [5, 5.41) is 0. The van der Waals surface area contributed by atoms with Crippen LogP contribution in [0.4, 0.5) is 5.69 Å². The molecule has 0 spiro atoms. The molecule has 1 aromatic carbocycles. The van der Waals surface area contributed by atoms with Crippen molar-refractivity contribution in [3.63, 3.8) is 0 Å². The van der Waals surface area contributed by atoms with E-state index in [-0.39, 0.29) is 5.78 Å². The Morgan fingerprint density at radius 3 is 1.73 bits per heavy atom. The number of anilines is 1. The van der Waals surface area contributed by atoms with Crippen LogP contribution in [0.2, 0.25) is 0 Å². The Hall–Kier alpha value is -3.01. The van der Waals surface area contributed by atoms with Gasteiger partial charge in [0.2, 0.25) is 0 Å². The Morgan fingerprint density at radius 2 is 1.20 bits per heavy atom. The summed E-state index contributed by atoms with van der Waals surface area (Å²) < 4.78 is 10.5. The SMILES string of the molecule is CCCCCCCCCCCCCCCCCCN1C=C/C(=C\C=C2C=C(OC)C(=O)C(OC)=C2)c2ccccc21. The molecule has 224 valence electrons. The maximum Gasteiger partial charge on any atom is 0.261 e. The van der Waals surface area contributed by atoms with Crippen molar-refractivity contribution in [3.05, 3.63) is 83.5 Å². The average molecular weight is 560 g/mol. The Balaban J connectivity index is 1.36. The van der Waals surface area contributed by atoms with E-state index >= 15 is 0 Å². The maximum atomic E-state index is 12.2. The summed E-state index contributed by atoms with van der Waals surface area (Å²) in [6.45, 7) is 3.33. The number of benzene rings is 1. The first-order valence-electron chi connectivity index (χ1n) is 16.2. The highest BCUT2D eigenvalue weighted by atomic mass is 16.5. The van der Waals surface area contributed by atoms with Crippen molar-refractivity contribution in [3.8, 4) is 0 Å². The number of carbonyl (C=O) groups excluding carboxylic acids is 1. The van der Waals surface area contributed by atoms with Crippen LogP contribution in [0, 0.1) is 0 Å². The van der Waals surface area contributed by atoms with Crippen molar-refractivity contribution in [2.75, 3.05) is 25.7 Å². The number of hydrogen-bond donors (Lipinski definition) is 0. The van der Waals surface area contributed by atoms with Gasteiger partial charge >= 0.3 is 0 Å². The molecule has 2 aliphatic rings. The molecule has 0 bridgehead atoms. The van der Waals surface area contributed by atoms with Crippen LogP contribution >= 0.6 is 0 Å². The summed E-state index contributed by atoms with van der Waals surface area (Å²) in [5.41, 5.74) is 4.49. The van der Waals surface area contributed by atoms with Gasteiger partial charge in [-0.2, -0.15) is 0 Å². The largest absolute Gasteiger partial charge is 0.492 e. The zero-order valence-corrected chi connectivity index (χ0v) is 26.0. The van der Waals surface area contributed by atoms with Crippen molar-refractivity contribution < 1.29 is 14.3 Å². The molecule has 1 aliphatic carbocycles. The first-order valence-corrected chi connectivity index (χ1v) is 16.2. The minimum Gasteiger partial charge on any atom is -0.492 e. The summed E-state index contributed by atoms with van der Waals surface area (Å²) in [4.78, 5) is 14.6. The minimum absolute atomic E-state index is 0.229. The second kappa shape index (κ2) is 19.2. The Bertz CT molecular complexity index is 1070. The molecular formula is C37H53NO3. The van der Waals surface area contributed by atoms with Crippen LogP contribution in [-0.2, 0) is 14.3 Å². The number of Topliss-reactive ketones (excluding diaryl/α,β-unsaturated/α-hetero) is 1. The van der Waals surface area contributed by atoms with E-state index in [1.54, 1.807) is 12.2 Å². The van der Waals surface area contributed by atoms with Crippen molar-refractivity contribution in [2.45, 2.75) is 110 Å². The van der Waals surface area contributed by atoms with Gasteiger partial charge in [-0.1, -0.05) is 134 Å². The first kappa shape index (κ1) is 32.5. The second-order valence-corrected chi connectivity index (χ2v) is 11.4. The summed E-state index contributed by atoms with van der Waals surface area (Å²) in [7, 11) is 3.01. The van der Waals surface area contributed by atoms with Crippen LogP contribution < -0.4 is 4.90 Å². The van der Waals surface area contributed by atoms with Gasteiger partial charge in [-0.05, 0) is 41.9 Å². The average Bonchev–Trinajstić information content (AvgIpc) is 3.00. The van der Waals surface area contributed by atoms with Gasteiger partial charge in [0.15, 0.2) is 11.5 Å². The van der Waals surface area contributed by atoms with E-state index in [0.717, 1.165) is 17.7 Å². The van der Waals surface area contributed by atoms with Crippen LogP contribution in [0.15, 0.2) is 77.9 Å². The Kier molecular flexibility index (Phi) is 15.2. The third-order valence-electron chi connectivity index (χ3n) is 8.15. The predicted octanol–water partition coefficient (Wildman–Crippen LogP) is 10.2. The van der Waals surface area contributed by atoms with Crippen LogP contribution in [0.25, 0.3) is 5.57 Å². The number of ketones is 1. The standard InChI is InChI=1S/C37H53NO3/c1-4-5-6-7-8-9-10-11-12-13-14-15-16-17-18-21-27-38-28-26-32(33-22-19-20-23-34(33)38)25-24-31-29-35(40-2)37(39)36(30-31)41-3/h19-20,22-26,28-30H,4-18,21,27H2,1-3H3/b32-25+.